The molecule has 2 aromatic rings. The van der Waals surface area contributed by atoms with Crippen molar-refractivity contribution in [1.29, 1.82) is 0 Å². The van der Waals surface area contributed by atoms with Crippen LogP contribution in [-0.2, 0) is 22.6 Å². The van der Waals surface area contributed by atoms with Crippen LogP contribution in [0.25, 0.3) is 0 Å². The molecule has 0 unspecified atom stereocenters. The van der Waals surface area contributed by atoms with Gasteiger partial charge in [-0.1, -0.05) is 30.3 Å². The lowest BCUT2D eigenvalue weighted by atomic mass is 10.1. The summed E-state index contributed by atoms with van der Waals surface area (Å²) in [5.41, 5.74) is 13.5. The Morgan fingerprint density at radius 2 is 1.80 bits per heavy atom. The van der Waals surface area contributed by atoms with Crippen molar-refractivity contribution in [3.63, 3.8) is 0 Å². The number of pyridine rings is 1. The summed E-state index contributed by atoms with van der Waals surface area (Å²) in [6.45, 7) is 1.85. The first-order valence-electron chi connectivity index (χ1n) is 9.06. The maximum Gasteiger partial charge on any atom is 0.242 e. The number of carbonyl (C=O) groups is 2. The first-order chi connectivity index (χ1) is 13.4. The van der Waals surface area contributed by atoms with E-state index in [0.717, 1.165) is 11.1 Å². The zero-order valence-electron chi connectivity index (χ0n) is 17.0. The Labute approximate surface area is 189 Å². The summed E-state index contributed by atoms with van der Waals surface area (Å²) < 4.78 is 5.10. The van der Waals surface area contributed by atoms with E-state index in [1.165, 1.54) is 7.11 Å². The standard InChI is InChI=1S/C20H27N5O3.2ClH/c1-13(19(26)24-12-15-10-17(28-2)18(22)23-11-15)25-20(27)16(21)9-8-14-6-4-3-5-7-14;;/h3-7,10-11,13,16H,8-9,12,21H2,1-2H3,(H2,22,23)(H,24,26)(H,25,27);2*1H/t13-,16+;;/m0../s1. The largest absolute Gasteiger partial charge is 0.493 e. The van der Waals surface area contributed by atoms with Gasteiger partial charge in [0.05, 0.1) is 13.2 Å². The molecule has 0 fully saturated rings. The van der Waals surface area contributed by atoms with Gasteiger partial charge in [-0.15, -0.1) is 24.8 Å². The number of carbonyl (C=O) groups excluding carboxylic acids is 2. The number of nitrogens with zero attached hydrogens (tertiary/aromatic N) is 1. The lowest BCUT2D eigenvalue weighted by molar-refractivity contribution is -0.129. The number of amides is 2. The summed E-state index contributed by atoms with van der Waals surface area (Å²) in [4.78, 5) is 28.5. The Hall–Kier alpha value is -2.55. The van der Waals surface area contributed by atoms with Gasteiger partial charge in [0.1, 0.15) is 6.04 Å². The highest BCUT2D eigenvalue weighted by Gasteiger charge is 2.20. The maximum absolute atomic E-state index is 12.2. The van der Waals surface area contributed by atoms with Gasteiger partial charge in [0.25, 0.3) is 0 Å². The molecular weight excluding hydrogens is 429 g/mol. The third kappa shape index (κ3) is 8.44. The molecule has 0 bridgehead atoms. The summed E-state index contributed by atoms with van der Waals surface area (Å²) >= 11 is 0. The topological polar surface area (TPSA) is 132 Å². The van der Waals surface area contributed by atoms with Crippen LogP contribution < -0.4 is 26.8 Å². The highest BCUT2D eigenvalue weighted by Crippen LogP contribution is 2.18. The van der Waals surface area contributed by atoms with Crippen LogP contribution in [0.5, 0.6) is 5.75 Å². The van der Waals surface area contributed by atoms with Crippen molar-refractivity contribution in [3.8, 4) is 5.75 Å². The molecule has 30 heavy (non-hydrogen) atoms. The van der Waals surface area contributed by atoms with Crippen molar-refractivity contribution in [2.75, 3.05) is 12.8 Å². The van der Waals surface area contributed by atoms with E-state index in [1.807, 2.05) is 30.3 Å². The highest BCUT2D eigenvalue weighted by molar-refractivity contribution is 5.89. The van der Waals surface area contributed by atoms with E-state index >= 15 is 0 Å². The van der Waals surface area contributed by atoms with E-state index < -0.39 is 12.1 Å². The van der Waals surface area contributed by atoms with E-state index in [9.17, 15) is 9.59 Å². The van der Waals surface area contributed by atoms with Gasteiger partial charge in [-0.05, 0) is 37.0 Å². The van der Waals surface area contributed by atoms with E-state index in [0.29, 0.717) is 18.6 Å². The van der Waals surface area contributed by atoms with E-state index in [2.05, 4.69) is 15.6 Å². The molecule has 6 N–H and O–H groups in total. The fraction of sp³-hybridized carbons (Fsp3) is 0.350. The molecule has 0 radical (unpaired) electrons. The number of anilines is 1. The third-order valence-electron chi connectivity index (χ3n) is 4.30. The molecule has 0 aliphatic carbocycles. The number of nitrogen functional groups attached to an aromatic ring is 1. The predicted molar refractivity (Wildman–Crippen MR) is 122 cm³/mol. The third-order valence-corrected chi connectivity index (χ3v) is 4.30. The van der Waals surface area contributed by atoms with Crippen LogP contribution in [0.15, 0.2) is 42.6 Å². The molecule has 2 rings (SSSR count). The van der Waals surface area contributed by atoms with Gasteiger partial charge in [0.2, 0.25) is 11.8 Å². The second kappa shape index (κ2) is 13.6. The minimum atomic E-state index is -0.709. The van der Waals surface area contributed by atoms with Crippen molar-refractivity contribution in [1.82, 2.24) is 15.6 Å². The zero-order chi connectivity index (χ0) is 20.5. The van der Waals surface area contributed by atoms with E-state index in [-0.39, 0.29) is 49.0 Å². The molecule has 0 aliphatic heterocycles. The number of nitrogens with one attached hydrogen (secondary N) is 2. The average molecular weight is 458 g/mol. The molecule has 1 heterocycles. The van der Waals surface area contributed by atoms with Crippen LogP contribution in [0.4, 0.5) is 5.82 Å². The number of hydrogen-bond acceptors (Lipinski definition) is 6. The molecule has 2 amide bonds. The average Bonchev–Trinajstić information content (AvgIpc) is 2.71. The molecule has 0 saturated heterocycles. The van der Waals surface area contributed by atoms with Crippen molar-refractivity contribution in [2.24, 2.45) is 5.73 Å². The fourth-order valence-corrected chi connectivity index (χ4v) is 2.58. The maximum atomic E-state index is 12.2. The van der Waals surface area contributed by atoms with Crippen molar-refractivity contribution < 1.29 is 14.3 Å². The van der Waals surface area contributed by atoms with Crippen LogP contribution in [0.1, 0.15) is 24.5 Å². The highest BCUT2D eigenvalue weighted by atomic mass is 35.5. The molecule has 10 heteroatoms. The Kier molecular flexibility index (Phi) is 12.5. The Balaban J connectivity index is 0.00000420. The number of rotatable bonds is 9. The SMILES string of the molecule is COc1cc(CNC(=O)[C@H](C)NC(=O)[C@H](N)CCc2ccccc2)cnc1N.Cl.Cl. The minimum Gasteiger partial charge on any atom is -0.493 e. The minimum absolute atomic E-state index is 0. The van der Waals surface area contributed by atoms with Gasteiger partial charge in [0, 0.05) is 12.7 Å². The summed E-state index contributed by atoms with van der Waals surface area (Å²) in [5.74, 6) is 0.0500. The van der Waals surface area contributed by atoms with Crippen LogP contribution >= 0.6 is 24.8 Å². The van der Waals surface area contributed by atoms with Gasteiger partial charge in [-0.25, -0.2) is 4.98 Å². The van der Waals surface area contributed by atoms with Crippen LogP contribution in [0.3, 0.4) is 0 Å². The number of methoxy groups -OCH3 is 1. The molecular formula is C20H29Cl2N5O3. The molecule has 1 aromatic carbocycles. The second-order valence-corrected chi connectivity index (χ2v) is 6.51. The molecule has 8 nitrogen and oxygen atoms in total. The van der Waals surface area contributed by atoms with Crippen LogP contribution in [0.2, 0.25) is 0 Å². The Morgan fingerprint density at radius 3 is 2.43 bits per heavy atom. The zero-order valence-corrected chi connectivity index (χ0v) is 18.6. The smallest absolute Gasteiger partial charge is 0.242 e. The van der Waals surface area contributed by atoms with Crippen LogP contribution in [0, 0.1) is 0 Å². The summed E-state index contributed by atoms with van der Waals surface area (Å²) in [7, 11) is 1.49. The van der Waals surface area contributed by atoms with Crippen molar-refractivity contribution >= 4 is 42.4 Å². The monoisotopic (exact) mass is 457 g/mol. The number of ether oxygens (including phenoxy) is 1. The molecule has 1 aromatic heterocycles. The second-order valence-electron chi connectivity index (χ2n) is 6.51. The number of halogens is 2. The lowest BCUT2D eigenvalue weighted by Gasteiger charge is -2.17. The normalized spacial score (nSPS) is 11.8. The van der Waals surface area contributed by atoms with Gasteiger partial charge >= 0.3 is 0 Å². The molecule has 0 aliphatic rings. The molecule has 166 valence electrons. The number of aryl methyl sites for hydroxylation is 1. The summed E-state index contributed by atoms with van der Waals surface area (Å²) in [5, 5.41) is 5.39. The van der Waals surface area contributed by atoms with Gasteiger partial charge in [0.15, 0.2) is 11.6 Å². The van der Waals surface area contributed by atoms with Crippen molar-refractivity contribution in [3.05, 3.63) is 53.7 Å². The fourth-order valence-electron chi connectivity index (χ4n) is 2.58. The van der Waals surface area contributed by atoms with Gasteiger partial charge < -0.3 is 26.8 Å². The summed E-state index contributed by atoms with van der Waals surface area (Å²) in [6, 6.07) is 10.1. The van der Waals surface area contributed by atoms with Crippen molar-refractivity contribution in [2.45, 2.75) is 38.4 Å². The molecule has 0 saturated carbocycles. The van der Waals surface area contributed by atoms with Gasteiger partial charge in [-0.2, -0.15) is 0 Å². The van der Waals surface area contributed by atoms with Gasteiger partial charge in [-0.3, -0.25) is 9.59 Å². The Morgan fingerprint density at radius 1 is 1.13 bits per heavy atom. The first kappa shape index (κ1) is 27.5. The van der Waals surface area contributed by atoms with E-state index in [1.54, 1.807) is 19.2 Å². The number of nitrogens with two attached hydrogens (primary N) is 2. The number of benzene rings is 1. The summed E-state index contributed by atoms with van der Waals surface area (Å²) in [6.07, 6.45) is 2.75. The molecule has 2 atom stereocenters. The lowest BCUT2D eigenvalue weighted by Crippen LogP contribution is -2.50. The first-order valence-corrected chi connectivity index (χ1v) is 9.06. The Bertz CT molecular complexity index is 808. The number of hydrogen-bond donors (Lipinski definition) is 4. The predicted octanol–water partition coefficient (Wildman–Crippen LogP) is 1.60. The number of aromatic nitrogens is 1. The molecule has 0 spiro atoms. The van der Waals surface area contributed by atoms with Crippen LogP contribution in [-0.4, -0.2) is 36.0 Å². The quantitative estimate of drug-likeness (QED) is 0.451. The van der Waals surface area contributed by atoms with E-state index in [4.69, 9.17) is 16.2 Å².